The van der Waals surface area contributed by atoms with Gasteiger partial charge < -0.3 is 20.5 Å². The van der Waals surface area contributed by atoms with Crippen LogP contribution < -0.4 is 15.5 Å². The summed E-state index contributed by atoms with van der Waals surface area (Å²) >= 11 is 0. The van der Waals surface area contributed by atoms with E-state index >= 15 is 0 Å². The number of para-hydroxylation sites is 1. The number of carbonyl (C=O) groups is 2. The Morgan fingerprint density at radius 1 is 1.10 bits per heavy atom. The summed E-state index contributed by atoms with van der Waals surface area (Å²) < 4.78 is 0. The molecule has 5 rings (SSSR count). The molecular formula is C24H26N4O2. The molecule has 3 amide bonds. The highest BCUT2D eigenvalue weighted by Gasteiger charge is 2.31. The molecule has 1 atom stereocenters. The molecule has 1 unspecified atom stereocenters. The SMILES string of the molecule is O=C(NCc1ccc2[nH]c3c(c2c1)CCCC3)NC1CC(=O)N(c2ccccc2)C1. The molecule has 1 aliphatic carbocycles. The fourth-order valence-corrected chi connectivity index (χ4v) is 4.64. The smallest absolute Gasteiger partial charge is 0.315 e. The number of nitrogens with zero attached hydrogens (tertiary/aromatic N) is 1. The van der Waals surface area contributed by atoms with E-state index in [4.69, 9.17) is 0 Å². The van der Waals surface area contributed by atoms with E-state index < -0.39 is 0 Å². The van der Waals surface area contributed by atoms with E-state index in [9.17, 15) is 9.59 Å². The summed E-state index contributed by atoms with van der Waals surface area (Å²) in [6.45, 7) is 0.961. The zero-order valence-electron chi connectivity index (χ0n) is 16.9. The van der Waals surface area contributed by atoms with Gasteiger partial charge in [-0.1, -0.05) is 24.3 Å². The molecule has 6 heteroatoms. The van der Waals surface area contributed by atoms with Crippen LogP contribution in [-0.2, 0) is 24.2 Å². The van der Waals surface area contributed by atoms with Crippen LogP contribution in [-0.4, -0.2) is 29.5 Å². The predicted octanol–water partition coefficient (Wildman–Crippen LogP) is 3.65. The lowest BCUT2D eigenvalue weighted by atomic mass is 9.95. The highest BCUT2D eigenvalue weighted by Crippen LogP contribution is 2.29. The second-order valence-corrected chi connectivity index (χ2v) is 8.24. The summed E-state index contributed by atoms with van der Waals surface area (Å²) in [7, 11) is 0. The predicted molar refractivity (Wildman–Crippen MR) is 118 cm³/mol. The average molecular weight is 402 g/mol. The highest BCUT2D eigenvalue weighted by atomic mass is 16.2. The van der Waals surface area contributed by atoms with Crippen molar-refractivity contribution in [3.05, 3.63) is 65.4 Å². The normalized spacial score (nSPS) is 18.5. The van der Waals surface area contributed by atoms with Crippen molar-refractivity contribution in [1.82, 2.24) is 15.6 Å². The van der Waals surface area contributed by atoms with Crippen molar-refractivity contribution in [2.75, 3.05) is 11.4 Å². The topological polar surface area (TPSA) is 77.2 Å². The van der Waals surface area contributed by atoms with Crippen LogP contribution in [0.5, 0.6) is 0 Å². The summed E-state index contributed by atoms with van der Waals surface area (Å²) in [5.74, 6) is 0.0363. The lowest BCUT2D eigenvalue weighted by molar-refractivity contribution is -0.117. The Morgan fingerprint density at radius 2 is 1.93 bits per heavy atom. The molecular weight excluding hydrogens is 376 g/mol. The standard InChI is InChI=1S/C24H26N4O2/c29-23-13-17(15-28(23)18-6-2-1-3-7-18)26-24(30)25-14-16-10-11-22-20(12-16)19-8-4-5-9-21(19)27-22/h1-3,6-7,10-12,17,27H,4-5,8-9,13-15H2,(H2,25,26,30). The molecule has 2 aromatic carbocycles. The Labute approximate surface area is 175 Å². The van der Waals surface area contributed by atoms with E-state index in [1.165, 1.54) is 35.0 Å². The van der Waals surface area contributed by atoms with E-state index in [0.29, 0.717) is 19.5 Å². The van der Waals surface area contributed by atoms with Gasteiger partial charge in [0, 0.05) is 41.8 Å². The van der Waals surface area contributed by atoms with Crippen LogP contribution in [0.3, 0.4) is 0 Å². The van der Waals surface area contributed by atoms with Gasteiger partial charge in [0.1, 0.15) is 0 Å². The molecule has 0 radical (unpaired) electrons. The van der Waals surface area contributed by atoms with Crippen molar-refractivity contribution in [2.45, 2.75) is 44.7 Å². The minimum Gasteiger partial charge on any atom is -0.358 e. The van der Waals surface area contributed by atoms with Crippen LogP contribution in [0.2, 0.25) is 0 Å². The summed E-state index contributed by atoms with van der Waals surface area (Å²) in [6, 6.07) is 15.5. The highest BCUT2D eigenvalue weighted by molar-refractivity contribution is 5.96. The number of amides is 3. The Bertz CT molecular complexity index is 1090. The molecule has 3 aromatic rings. The van der Waals surface area contributed by atoms with E-state index in [-0.39, 0.29) is 18.0 Å². The summed E-state index contributed by atoms with van der Waals surface area (Å²) in [4.78, 5) is 30.0. The maximum Gasteiger partial charge on any atom is 0.315 e. The number of H-pyrrole nitrogens is 1. The van der Waals surface area contributed by atoms with Crippen LogP contribution >= 0.6 is 0 Å². The molecule has 0 bridgehead atoms. The first-order chi connectivity index (χ1) is 14.7. The molecule has 1 saturated heterocycles. The second-order valence-electron chi connectivity index (χ2n) is 8.24. The molecule has 3 N–H and O–H groups in total. The van der Waals surface area contributed by atoms with Crippen LogP contribution in [0.15, 0.2) is 48.5 Å². The largest absolute Gasteiger partial charge is 0.358 e. The van der Waals surface area contributed by atoms with Gasteiger partial charge in [-0.05, 0) is 61.1 Å². The van der Waals surface area contributed by atoms with Gasteiger partial charge in [-0.15, -0.1) is 0 Å². The zero-order chi connectivity index (χ0) is 20.5. The Morgan fingerprint density at radius 3 is 2.80 bits per heavy atom. The summed E-state index contributed by atoms with van der Waals surface area (Å²) in [5, 5.41) is 7.17. The van der Waals surface area contributed by atoms with Gasteiger partial charge in [0.05, 0.1) is 6.04 Å². The maximum atomic E-state index is 12.4. The Balaban J connectivity index is 1.19. The number of benzene rings is 2. The molecule has 0 spiro atoms. The molecule has 2 heterocycles. The van der Waals surface area contributed by atoms with Crippen LogP contribution in [0.1, 0.15) is 36.1 Å². The third-order valence-electron chi connectivity index (χ3n) is 6.14. The van der Waals surface area contributed by atoms with Crippen molar-refractivity contribution >= 4 is 28.5 Å². The Hall–Kier alpha value is -3.28. The molecule has 0 saturated carbocycles. The number of aromatic nitrogens is 1. The quantitative estimate of drug-likeness (QED) is 0.623. The molecule has 1 aromatic heterocycles. The first-order valence-electron chi connectivity index (χ1n) is 10.7. The molecule has 30 heavy (non-hydrogen) atoms. The number of carbonyl (C=O) groups excluding carboxylic acids is 2. The molecule has 2 aliphatic rings. The number of anilines is 1. The van der Waals surface area contributed by atoms with Gasteiger partial charge in [0.2, 0.25) is 5.91 Å². The van der Waals surface area contributed by atoms with Gasteiger partial charge in [0.15, 0.2) is 0 Å². The van der Waals surface area contributed by atoms with Gasteiger partial charge in [-0.25, -0.2) is 4.79 Å². The summed E-state index contributed by atoms with van der Waals surface area (Å²) in [6.07, 6.45) is 5.06. The van der Waals surface area contributed by atoms with Gasteiger partial charge in [-0.2, -0.15) is 0 Å². The average Bonchev–Trinajstić information content (AvgIpc) is 3.32. The minimum atomic E-state index is -0.237. The number of hydrogen-bond acceptors (Lipinski definition) is 2. The summed E-state index contributed by atoms with van der Waals surface area (Å²) in [5.41, 5.74) is 5.94. The van der Waals surface area contributed by atoms with E-state index in [0.717, 1.165) is 24.1 Å². The van der Waals surface area contributed by atoms with Crippen molar-refractivity contribution in [3.8, 4) is 0 Å². The van der Waals surface area contributed by atoms with Crippen molar-refractivity contribution in [1.29, 1.82) is 0 Å². The zero-order valence-corrected chi connectivity index (χ0v) is 16.9. The first-order valence-corrected chi connectivity index (χ1v) is 10.7. The number of fused-ring (bicyclic) bond motifs is 3. The van der Waals surface area contributed by atoms with Crippen molar-refractivity contribution in [2.24, 2.45) is 0 Å². The van der Waals surface area contributed by atoms with Crippen LogP contribution in [0.4, 0.5) is 10.5 Å². The van der Waals surface area contributed by atoms with Gasteiger partial charge in [-0.3, -0.25) is 4.79 Å². The fraction of sp³-hybridized carbons (Fsp3) is 0.333. The molecule has 1 aliphatic heterocycles. The number of hydrogen-bond donors (Lipinski definition) is 3. The number of nitrogens with one attached hydrogen (secondary N) is 3. The second kappa shape index (κ2) is 7.86. The van der Waals surface area contributed by atoms with Crippen LogP contribution in [0, 0.1) is 0 Å². The molecule has 154 valence electrons. The minimum absolute atomic E-state index is 0.0363. The van der Waals surface area contributed by atoms with E-state index in [1.54, 1.807) is 4.90 Å². The number of urea groups is 1. The number of rotatable bonds is 4. The van der Waals surface area contributed by atoms with Gasteiger partial charge in [0.25, 0.3) is 0 Å². The monoisotopic (exact) mass is 402 g/mol. The van der Waals surface area contributed by atoms with Gasteiger partial charge >= 0.3 is 6.03 Å². The lowest BCUT2D eigenvalue weighted by Gasteiger charge is -2.17. The maximum absolute atomic E-state index is 12.4. The molecule has 1 fully saturated rings. The third-order valence-corrected chi connectivity index (χ3v) is 6.14. The first kappa shape index (κ1) is 18.7. The molecule has 6 nitrogen and oxygen atoms in total. The third kappa shape index (κ3) is 3.65. The number of aryl methyl sites for hydroxylation is 2. The van der Waals surface area contributed by atoms with Crippen molar-refractivity contribution in [3.63, 3.8) is 0 Å². The lowest BCUT2D eigenvalue weighted by Crippen LogP contribution is -2.43. The number of aromatic amines is 1. The van der Waals surface area contributed by atoms with E-state index in [2.05, 4.69) is 33.8 Å². The van der Waals surface area contributed by atoms with Crippen molar-refractivity contribution < 1.29 is 9.59 Å². The fourth-order valence-electron chi connectivity index (χ4n) is 4.64. The Kier molecular flexibility index (Phi) is 4.91. The van der Waals surface area contributed by atoms with E-state index in [1.807, 2.05) is 30.3 Å². The van der Waals surface area contributed by atoms with Crippen LogP contribution in [0.25, 0.3) is 10.9 Å².